The zero-order chi connectivity index (χ0) is 8.59. The first-order chi connectivity index (χ1) is 5.04. The molecule has 0 bridgehead atoms. The van der Waals surface area contributed by atoms with Crippen molar-refractivity contribution in [2.75, 3.05) is 5.73 Å². The Bertz CT molecular complexity index is 272. The van der Waals surface area contributed by atoms with Crippen LogP contribution in [0, 0.1) is 6.92 Å². The molecule has 0 radical (unpaired) electrons. The van der Waals surface area contributed by atoms with Crippen LogP contribution in [-0.2, 0) is 7.05 Å². The number of halogens is 3. The fourth-order valence-corrected chi connectivity index (χ4v) is 0.951. The van der Waals surface area contributed by atoms with E-state index in [0.29, 0.717) is 5.69 Å². The molecule has 1 aromatic rings. The first-order valence-corrected chi connectivity index (χ1v) is 3.11. The molecule has 6 heteroatoms. The van der Waals surface area contributed by atoms with E-state index < -0.39 is 6.43 Å². The number of hydrogen-bond donors (Lipinski definition) is 1. The maximum absolute atomic E-state index is 12.2. The Labute approximate surface area is 75.0 Å². The number of aromatic nitrogens is 2. The maximum Gasteiger partial charge on any atom is 0.282 e. The van der Waals surface area contributed by atoms with Crippen LogP contribution in [0.15, 0.2) is 0 Å². The van der Waals surface area contributed by atoms with E-state index in [0.717, 1.165) is 4.68 Å². The fourth-order valence-electron chi connectivity index (χ4n) is 0.951. The second kappa shape index (κ2) is 3.71. The van der Waals surface area contributed by atoms with E-state index in [1.54, 1.807) is 6.92 Å². The van der Waals surface area contributed by atoms with Crippen LogP contribution < -0.4 is 5.73 Å². The average Bonchev–Trinajstić information content (AvgIpc) is 2.07. The number of nitrogens with zero attached hydrogens (tertiary/aromatic N) is 2. The molecule has 1 aromatic heterocycles. The van der Waals surface area contributed by atoms with Crippen molar-refractivity contribution in [2.45, 2.75) is 13.3 Å². The highest BCUT2D eigenvalue weighted by atomic mass is 35.5. The molecule has 0 aliphatic rings. The van der Waals surface area contributed by atoms with Crippen molar-refractivity contribution in [3.8, 4) is 0 Å². The van der Waals surface area contributed by atoms with Crippen LogP contribution in [0.2, 0.25) is 0 Å². The summed E-state index contributed by atoms with van der Waals surface area (Å²) in [5.74, 6) is 0. The summed E-state index contributed by atoms with van der Waals surface area (Å²) in [7, 11) is 1.45. The zero-order valence-electron chi connectivity index (χ0n) is 6.71. The van der Waals surface area contributed by atoms with Crippen molar-refractivity contribution in [3.05, 3.63) is 11.4 Å². The van der Waals surface area contributed by atoms with Gasteiger partial charge >= 0.3 is 0 Å². The van der Waals surface area contributed by atoms with Crippen molar-refractivity contribution in [1.29, 1.82) is 0 Å². The number of nitrogens with two attached hydrogens (primary N) is 1. The van der Waals surface area contributed by atoms with Gasteiger partial charge in [0.05, 0.1) is 11.4 Å². The summed E-state index contributed by atoms with van der Waals surface area (Å²) >= 11 is 0. The van der Waals surface area contributed by atoms with E-state index >= 15 is 0 Å². The fraction of sp³-hybridized carbons (Fsp3) is 0.500. The Kier molecular flexibility index (Phi) is 3.45. The monoisotopic (exact) mass is 197 g/mol. The lowest BCUT2D eigenvalue weighted by molar-refractivity contribution is 0.141. The Balaban J connectivity index is 0.00000121. The molecule has 0 saturated heterocycles. The molecule has 0 saturated carbocycles. The lowest BCUT2D eigenvalue weighted by Gasteiger charge is -1.99. The molecule has 1 rings (SSSR count). The average molecular weight is 198 g/mol. The molecule has 0 spiro atoms. The van der Waals surface area contributed by atoms with Crippen molar-refractivity contribution < 1.29 is 8.78 Å². The molecule has 1 heterocycles. The molecule has 0 aromatic carbocycles. The zero-order valence-corrected chi connectivity index (χ0v) is 7.53. The third-order valence-electron chi connectivity index (χ3n) is 1.52. The summed E-state index contributed by atoms with van der Waals surface area (Å²) in [6.07, 6.45) is -2.55. The number of aryl methyl sites for hydroxylation is 2. The van der Waals surface area contributed by atoms with Crippen LogP contribution in [0.1, 0.15) is 17.8 Å². The van der Waals surface area contributed by atoms with Crippen molar-refractivity contribution in [2.24, 2.45) is 7.05 Å². The summed E-state index contributed by atoms with van der Waals surface area (Å²) in [5, 5.41) is 3.74. The van der Waals surface area contributed by atoms with Crippen molar-refractivity contribution >= 4 is 18.1 Å². The molecule has 12 heavy (non-hydrogen) atoms. The molecular weight excluding hydrogens is 188 g/mol. The highest BCUT2D eigenvalue weighted by molar-refractivity contribution is 5.85. The van der Waals surface area contributed by atoms with Gasteiger partial charge in [-0.15, -0.1) is 12.4 Å². The maximum atomic E-state index is 12.2. The summed E-state index contributed by atoms with van der Waals surface area (Å²) in [4.78, 5) is 0. The smallest absolute Gasteiger partial charge is 0.282 e. The third-order valence-corrected chi connectivity index (χ3v) is 1.52. The Morgan fingerprint density at radius 3 is 2.17 bits per heavy atom. The second-order valence-corrected chi connectivity index (χ2v) is 2.31. The highest BCUT2D eigenvalue weighted by Crippen LogP contribution is 2.26. The number of rotatable bonds is 1. The van der Waals surface area contributed by atoms with Gasteiger partial charge in [-0.25, -0.2) is 8.78 Å². The lowest BCUT2D eigenvalue weighted by Crippen LogP contribution is -2.00. The first-order valence-electron chi connectivity index (χ1n) is 3.11. The predicted molar refractivity (Wildman–Crippen MR) is 44.6 cm³/mol. The van der Waals surface area contributed by atoms with Gasteiger partial charge in [0.2, 0.25) is 0 Å². The topological polar surface area (TPSA) is 43.8 Å². The Morgan fingerprint density at radius 2 is 2.00 bits per heavy atom. The first kappa shape index (κ1) is 11.2. The van der Waals surface area contributed by atoms with E-state index in [2.05, 4.69) is 5.10 Å². The summed E-state index contributed by atoms with van der Waals surface area (Å²) < 4.78 is 25.4. The molecule has 0 unspecified atom stereocenters. The summed E-state index contributed by atoms with van der Waals surface area (Å²) in [6.45, 7) is 1.60. The van der Waals surface area contributed by atoms with E-state index in [1.807, 2.05) is 0 Å². The van der Waals surface area contributed by atoms with Gasteiger partial charge in [-0.2, -0.15) is 5.10 Å². The molecular formula is C6H10ClF2N3. The molecule has 0 aliphatic heterocycles. The van der Waals surface area contributed by atoms with Gasteiger partial charge in [-0.3, -0.25) is 4.68 Å². The largest absolute Gasteiger partial charge is 0.396 e. The molecule has 70 valence electrons. The summed E-state index contributed by atoms with van der Waals surface area (Å²) in [6, 6.07) is 0. The van der Waals surface area contributed by atoms with E-state index in [4.69, 9.17) is 5.73 Å². The molecule has 0 atom stereocenters. The van der Waals surface area contributed by atoms with Gasteiger partial charge in [-0.1, -0.05) is 0 Å². The molecule has 2 N–H and O–H groups in total. The van der Waals surface area contributed by atoms with Crippen LogP contribution >= 0.6 is 12.4 Å². The van der Waals surface area contributed by atoms with E-state index in [1.165, 1.54) is 7.05 Å². The SMILES string of the molecule is Cc1nn(C)c(C(F)F)c1N.Cl. The lowest BCUT2D eigenvalue weighted by atomic mass is 10.3. The standard InChI is InChI=1S/C6H9F2N3.ClH/c1-3-4(9)5(6(7)8)11(2)10-3;/h6H,9H2,1-2H3;1H. The minimum Gasteiger partial charge on any atom is -0.396 e. The molecule has 0 fully saturated rings. The summed E-state index contributed by atoms with van der Waals surface area (Å²) in [5.41, 5.74) is 5.67. The van der Waals surface area contributed by atoms with Gasteiger partial charge in [0, 0.05) is 7.05 Å². The highest BCUT2D eigenvalue weighted by Gasteiger charge is 2.18. The number of nitrogen functional groups attached to an aromatic ring is 1. The Morgan fingerprint density at radius 1 is 1.50 bits per heavy atom. The van der Waals surface area contributed by atoms with E-state index in [-0.39, 0.29) is 23.8 Å². The molecule has 0 aliphatic carbocycles. The quantitative estimate of drug-likeness (QED) is 0.744. The Hall–Kier alpha value is -0.840. The third kappa shape index (κ3) is 1.66. The number of hydrogen-bond acceptors (Lipinski definition) is 2. The molecule has 0 amide bonds. The van der Waals surface area contributed by atoms with Crippen LogP contribution in [0.5, 0.6) is 0 Å². The predicted octanol–water partition coefficient (Wildman–Crippen LogP) is 1.67. The van der Waals surface area contributed by atoms with Crippen molar-refractivity contribution in [1.82, 2.24) is 9.78 Å². The molecule has 3 nitrogen and oxygen atoms in total. The van der Waals surface area contributed by atoms with Gasteiger partial charge < -0.3 is 5.73 Å². The normalized spacial score (nSPS) is 10.1. The minimum atomic E-state index is -2.55. The van der Waals surface area contributed by atoms with E-state index in [9.17, 15) is 8.78 Å². The van der Waals surface area contributed by atoms with Gasteiger partial charge in [0.1, 0.15) is 5.69 Å². The van der Waals surface area contributed by atoms with Crippen LogP contribution in [-0.4, -0.2) is 9.78 Å². The van der Waals surface area contributed by atoms with Gasteiger partial charge in [0.25, 0.3) is 6.43 Å². The van der Waals surface area contributed by atoms with Crippen molar-refractivity contribution in [3.63, 3.8) is 0 Å². The second-order valence-electron chi connectivity index (χ2n) is 2.31. The van der Waals surface area contributed by atoms with Crippen LogP contribution in [0.4, 0.5) is 14.5 Å². The van der Waals surface area contributed by atoms with Gasteiger partial charge in [-0.05, 0) is 6.92 Å². The minimum absolute atomic E-state index is 0. The number of alkyl halides is 2. The number of anilines is 1. The van der Waals surface area contributed by atoms with Crippen LogP contribution in [0.25, 0.3) is 0 Å². The van der Waals surface area contributed by atoms with Crippen LogP contribution in [0.3, 0.4) is 0 Å². The van der Waals surface area contributed by atoms with Gasteiger partial charge in [0.15, 0.2) is 0 Å².